The highest BCUT2D eigenvalue weighted by Crippen LogP contribution is 2.24. The molecule has 0 aliphatic rings. The molecule has 18 heavy (non-hydrogen) atoms. The lowest BCUT2D eigenvalue weighted by atomic mass is 10.2. The topological polar surface area (TPSA) is 22.1 Å². The molecular weight excluding hydrogens is 269 g/mol. The van der Waals surface area contributed by atoms with Crippen LogP contribution in [0.2, 0.25) is 5.02 Å². The summed E-state index contributed by atoms with van der Waals surface area (Å²) in [6, 6.07) is 9.43. The maximum Gasteiger partial charge on any atom is 0.123 e. The smallest absolute Gasteiger partial charge is 0.123 e. The monoisotopic (exact) mass is 281 g/mol. The molecule has 0 N–H and O–H groups in total. The maximum absolute atomic E-state index is 5.90. The number of benzene rings is 1. The molecule has 0 spiro atoms. The van der Waals surface area contributed by atoms with Crippen LogP contribution < -0.4 is 4.74 Å². The van der Waals surface area contributed by atoms with Gasteiger partial charge in [0.1, 0.15) is 5.75 Å². The Labute approximate surface area is 117 Å². The second-order valence-electron chi connectivity index (χ2n) is 3.85. The number of aromatic nitrogens is 1. The van der Waals surface area contributed by atoms with Gasteiger partial charge in [0.25, 0.3) is 0 Å². The van der Waals surface area contributed by atoms with E-state index < -0.39 is 0 Å². The molecule has 0 bridgehead atoms. The van der Waals surface area contributed by atoms with E-state index >= 15 is 0 Å². The molecule has 0 fully saturated rings. The van der Waals surface area contributed by atoms with Gasteiger partial charge in [0, 0.05) is 29.4 Å². The van der Waals surface area contributed by atoms with Crippen LogP contribution in [-0.4, -0.2) is 11.6 Å². The molecule has 0 aliphatic heterocycles. The van der Waals surface area contributed by atoms with Gasteiger partial charge in [0.05, 0.1) is 12.5 Å². The van der Waals surface area contributed by atoms with Crippen molar-refractivity contribution in [1.82, 2.24) is 4.98 Å². The van der Waals surface area contributed by atoms with Crippen LogP contribution >= 0.6 is 23.2 Å². The Hall–Kier alpha value is -1.25. The molecule has 0 saturated carbocycles. The summed E-state index contributed by atoms with van der Waals surface area (Å²) in [5.74, 6) is 1.18. The molecule has 0 atom stereocenters. The fraction of sp³-hybridized carbons (Fsp3) is 0.214. The molecule has 4 heteroatoms. The van der Waals surface area contributed by atoms with E-state index in [1.807, 2.05) is 30.5 Å². The van der Waals surface area contributed by atoms with E-state index in [1.165, 1.54) is 0 Å². The summed E-state index contributed by atoms with van der Waals surface area (Å²) in [6.45, 7) is 0.594. The minimum absolute atomic E-state index is 0.392. The van der Waals surface area contributed by atoms with Crippen LogP contribution in [0.15, 0.2) is 42.7 Å². The van der Waals surface area contributed by atoms with Crippen LogP contribution in [0.4, 0.5) is 0 Å². The van der Waals surface area contributed by atoms with Gasteiger partial charge in [-0.3, -0.25) is 4.98 Å². The Morgan fingerprint density at radius 3 is 2.83 bits per heavy atom. The van der Waals surface area contributed by atoms with E-state index in [0.29, 0.717) is 17.5 Å². The molecule has 94 valence electrons. The summed E-state index contributed by atoms with van der Waals surface area (Å²) in [6.07, 6.45) is 4.42. The van der Waals surface area contributed by atoms with Gasteiger partial charge in [0.15, 0.2) is 0 Å². The number of alkyl halides is 1. The summed E-state index contributed by atoms with van der Waals surface area (Å²) in [7, 11) is 0. The first-order chi connectivity index (χ1) is 8.79. The lowest BCUT2D eigenvalue weighted by Crippen LogP contribution is -2.03. The van der Waals surface area contributed by atoms with Crippen molar-refractivity contribution in [2.45, 2.75) is 12.3 Å². The van der Waals surface area contributed by atoms with Crippen LogP contribution in [-0.2, 0) is 12.3 Å². The Morgan fingerprint density at radius 1 is 1.22 bits per heavy atom. The average molecular weight is 282 g/mol. The van der Waals surface area contributed by atoms with E-state index in [-0.39, 0.29) is 0 Å². The van der Waals surface area contributed by atoms with E-state index in [2.05, 4.69) is 4.98 Å². The Bertz CT molecular complexity index is 502. The van der Waals surface area contributed by atoms with Crippen LogP contribution in [0, 0.1) is 0 Å². The molecular formula is C14H13Cl2NO. The zero-order valence-corrected chi connectivity index (χ0v) is 11.3. The Kier molecular flexibility index (Phi) is 4.85. The van der Waals surface area contributed by atoms with Crippen LogP contribution in [0.5, 0.6) is 5.75 Å². The minimum Gasteiger partial charge on any atom is -0.493 e. The van der Waals surface area contributed by atoms with Crippen molar-refractivity contribution in [3.05, 3.63) is 58.9 Å². The largest absolute Gasteiger partial charge is 0.493 e. The normalized spacial score (nSPS) is 10.3. The summed E-state index contributed by atoms with van der Waals surface area (Å²) >= 11 is 11.8. The third kappa shape index (κ3) is 3.62. The van der Waals surface area contributed by atoms with Gasteiger partial charge < -0.3 is 4.74 Å². The predicted molar refractivity (Wildman–Crippen MR) is 74.4 cm³/mol. The van der Waals surface area contributed by atoms with Gasteiger partial charge in [0.2, 0.25) is 0 Å². The number of ether oxygens (including phenoxy) is 1. The SMILES string of the molecule is ClCc1cc(Cl)ccc1OCCc1cccnc1. The van der Waals surface area contributed by atoms with Crippen LogP contribution in [0.3, 0.4) is 0 Å². The Balaban J connectivity index is 1.94. The van der Waals surface area contributed by atoms with E-state index in [9.17, 15) is 0 Å². The lowest BCUT2D eigenvalue weighted by Gasteiger charge is -2.10. The molecule has 0 aliphatic carbocycles. The first kappa shape index (κ1) is 13.2. The van der Waals surface area contributed by atoms with Crippen molar-refractivity contribution in [2.24, 2.45) is 0 Å². The van der Waals surface area contributed by atoms with Crippen LogP contribution in [0.25, 0.3) is 0 Å². The highest BCUT2D eigenvalue weighted by atomic mass is 35.5. The standard InChI is InChI=1S/C14H13Cl2NO/c15-9-12-8-13(16)3-4-14(12)18-7-5-11-2-1-6-17-10-11/h1-4,6,8,10H,5,7,9H2. The third-order valence-electron chi connectivity index (χ3n) is 2.54. The Morgan fingerprint density at radius 2 is 2.11 bits per heavy atom. The summed E-state index contributed by atoms with van der Waals surface area (Å²) in [5.41, 5.74) is 2.06. The van der Waals surface area contributed by atoms with E-state index in [4.69, 9.17) is 27.9 Å². The molecule has 0 radical (unpaired) electrons. The predicted octanol–water partition coefficient (Wildman–Crippen LogP) is 4.10. The van der Waals surface area contributed by atoms with E-state index in [1.54, 1.807) is 12.3 Å². The number of rotatable bonds is 5. The number of halogens is 2. The molecule has 2 aromatic rings. The number of nitrogens with zero attached hydrogens (tertiary/aromatic N) is 1. The number of hydrogen-bond donors (Lipinski definition) is 0. The van der Waals surface area contributed by atoms with Crippen molar-refractivity contribution in [2.75, 3.05) is 6.61 Å². The summed E-state index contributed by atoms with van der Waals surface area (Å²) in [4.78, 5) is 4.06. The van der Waals surface area contributed by atoms with Gasteiger partial charge in [-0.1, -0.05) is 17.7 Å². The van der Waals surface area contributed by atoms with Crippen molar-refractivity contribution >= 4 is 23.2 Å². The van der Waals surface area contributed by atoms with Gasteiger partial charge in [-0.2, -0.15) is 0 Å². The summed E-state index contributed by atoms with van der Waals surface area (Å²) < 4.78 is 5.72. The fourth-order valence-corrected chi connectivity index (χ4v) is 2.02. The first-order valence-electron chi connectivity index (χ1n) is 5.65. The number of pyridine rings is 1. The molecule has 0 amide bonds. The minimum atomic E-state index is 0.392. The average Bonchev–Trinajstić information content (AvgIpc) is 2.41. The molecule has 2 rings (SSSR count). The lowest BCUT2D eigenvalue weighted by molar-refractivity contribution is 0.319. The third-order valence-corrected chi connectivity index (χ3v) is 3.06. The summed E-state index contributed by atoms with van der Waals surface area (Å²) in [5, 5.41) is 0.672. The number of hydrogen-bond acceptors (Lipinski definition) is 2. The molecule has 1 aromatic heterocycles. The van der Waals surface area contributed by atoms with Crippen LogP contribution in [0.1, 0.15) is 11.1 Å². The second-order valence-corrected chi connectivity index (χ2v) is 4.55. The van der Waals surface area contributed by atoms with Crippen molar-refractivity contribution in [3.8, 4) is 5.75 Å². The van der Waals surface area contributed by atoms with Crippen molar-refractivity contribution in [1.29, 1.82) is 0 Å². The van der Waals surface area contributed by atoms with E-state index in [0.717, 1.165) is 23.3 Å². The molecule has 0 saturated heterocycles. The maximum atomic E-state index is 5.90. The fourth-order valence-electron chi connectivity index (χ4n) is 1.62. The molecule has 1 heterocycles. The first-order valence-corrected chi connectivity index (χ1v) is 6.57. The van der Waals surface area contributed by atoms with Crippen molar-refractivity contribution in [3.63, 3.8) is 0 Å². The van der Waals surface area contributed by atoms with Crippen molar-refractivity contribution < 1.29 is 4.74 Å². The zero-order chi connectivity index (χ0) is 12.8. The van der Waals surface area contributed by atoms with Gasteiger partial charge in [-0.25, -0.2) is 0 Å². The quantitative estimate of drug-likeness (QED) is 0.770. The highest BCUT2D eigenvalue weighted by molar-refractivity contribution is 6.30. The highest BCUT2D eigenvalue weighted by Gasteiger charge is 2.03. The molecule has 2 nitrogen and oxygen atoms in total. The second kappa shape index (κ2) is 6.62. The zero-order valence-electron chi connectivity index (χ0n) is 9.77. The van der Waals surface area contributed by atoms with Gasteiger partial charge >= 0.3 is 0 Å². The molecule has 1 aromatic carbocycles. The molecule has 0 unspecified atom stereocenters. The van der Waals surface area contributed by atoms with Gasteiger partial charge in [-0.05, 0) is 29.8 Å². The van der Waals surface area contributed by atoms with Gasteiger partial charge in [-0.15, -0.1) is 11.6 Å².